The highest BCUT2D eigenvalue weighted by Crippen LogP contribution is 2.53. The average Bonchev–Trinajstić information content (AvgIpc) is 3.24. The Morgan fingerprint density at radius 3 is 2.35 bits per heavy atom. The van der Waals surface area contributed by atoms with E-state index in [1.165, 1.54) is 0 Å². The number of benzene rings is 2. The van der Waals surface area contributed by atoms with Gasteiger partial charge < -0.3 is 18.9 Å². The van der Waals surface area contributed by atoms with E-state index in [0.717, 1.165) is 17.5 Å². The summed E-state index contributed by atoms with van der Waals surface area (Å²) in [6.07, 6.45) is 2.82. The number of halogens is 2. The molecule has 1 N–H and O–H groups in total. The van der Waals surface area contributed by atoms with Gasteiger partial charge in [0.05, 0.1) is 24.0 Å². The van der Waals surface area contributed by atoms with Crippen molar-refractivity contribution in [2.24, 2.45) is 5.41 Å². The number of carbonyl (C=O) groups excluding carboxylic acids is 1. The predicted octanol–water partition coefficient (Wildman–Crippen LogP) is 7.77. The van der Waals surface area contributed by atoms with Gasteiger partial charge in [-0.2, -0.15) is 0 Å². The van der Waals surface area contributed by atoms with Gasteiger partial charge in [-0.25, -0.2) is 4.21 Å². The molecule has 2 fully saturated rings. The second-order valence-electron chi connectivity index (χ2n) is 12.0. The third-order valence-corrected chi connectivity index (χ3v) is 9.86. The number of likely N-dealkylation sites (tertiary alicyclic amines) is 1. The van der Waals surface area contributed by atoms with Crippen LogP contribution in [0.25, 0.3) is 0 Å². The summed E-state index contributed by atoms with van der Waals surface area (Å²) in [6.45, 7) is 10.1. The van der Waals surface area contributed by atoms with Crippen LogP contribution in [0.2, 0.25) is 10.0 Å². The molecule has 2 aromatic carbocycles. The minimum absolute atomic E-state index is 0.0450. The fraction of sp³-hybridized carbons (Fsp3) is 0.581. The van der Waals surface area contributed by atoms with E-state index in [0.29, 0.717) is 42.3 Å². The molecule has 0 aliphatic carbocycles. The van der Waals surface area contributed by atoms with Crippen LogP contribution in [0.15, 0.2) is 48.5 Å². The minimum Gasteiger partial charge on any atom is -0.348 e. The van der Waals surface area contributed by atoms with Gasteiger partial charge in [-0.1, -0.05) is 61.3 Å². The Bertz CT molecular complexity index is 1210. The molecule has 2 aliphatic rings. The highest BCUT2D eigenvalue weighted by atomic mass is 35.5. The molecule has 2 saturated heterocycles. The van der Waals surface area contributed by atoms with E-state index in [-0.39, 0.29) is 35.3 Å². The summed E-state index contributed by atoms with van der Waals surface area (Å²) in [7, 11) is 0. The third-order valence-electron chi connectivity index (χ3n) is 8.45. The van der Waals surface area contributed by atoms with Crippen LogP contribution in [0.3, 0.4) is 0 Å². The quantitative estimate of drug-likeness (QED) is 0.278. The van der Waals surface area contributed by atoms with Gasteiger partial charge >= 0.3 is 0 Å². The van der Waals surface area contributed by atoms with Gasteiger partial charge in [-0.3, -0.25) is 4.79 Å². The number of ether oxygens (including phenoxy) is 2. The summed E-state index contributed by atoms with van der Waals surface area (Å²) in [5.41, 5.74) is 1.35. The molecule has 7 atom stereocenters. The fourth-order valence-corrected chi connectivity index (χ4v) is 7.07. The predicted molar refractivity (Wildman–Crippen MR) is 161 cm³/mol. The molecule has 2 heterocycles. The first kappa shape index (κ1) is 31.5. The van der Waals surface area contributed by atoms with Crippen LogP contribution in [0.4, 0.5) is 0 Å². The molecule has 2 aromatic rings. The number of carbonyl (C=O) groups is 1. The smallest absolute Gasteiger partial charge is 0.229 e. The SMILES string of the molecule is CC[C@@H](CCC(C)S(=O)O)N1C(=O)[C@@](C)(CC2COC(C)(C)O2)C[C@H](c2cccc(Cl)c2)[C@H]1c1ccc(Cl)cc1. The van der Waals surface area contributed by atoms with Crippen molar-refractivity contribution in [1.82, 2.24) is 4.90 Å². The molecular weight excluding hydrogens is 569 g/mol. The standard InChI is InChI=1S/C31H41Cl2NO5S/c1-6-25(15-10-20(2)40(36)37)34-28(21-11-13-23(32)14-12-21)27(22-8-7-9-24(33)16-22)18-31(5,29(34)35)17-26-19-38-30(3,4)39-26/h7-9,11-14,16,20,25-28H,6,10,15,17-19H2,1-5H3,(H,36,37)/t20?,25-,26?,27+,28+,31-/m0/s1. The van der Waals surface area contributed by atoms with Crippen molar-refractivity contribution in [3.8, 4) is 0 Å². The lowest BCUT2D eigenvalue weighted by Crippen LogP contribution is -2.56. The maximum atomic E-state index is 14.7. The molecule has 0 spiro atoms. The first-order valence-electron chi connectivity index (χ1n) is 14.1. The number of rotatable bonds is 10. The van der Waals surface area contributed by atoms with Crippen LogP contribution >= 0.6 is 23.2 Å². The largest absolute Gasteiger partial charge is 0.348 e. The van der Waals surface area contributed by atoms with Gasteiger partial charge in [0.15, 0.2) is 16.9 Å². The lowest BCUT2D eigenvalue weighted by molar-refractivity contribution is -0.163. The molecule has 2 aliphatic heterocycles. The average molecular weight is 611 g/mol. The van der Waals surface area contributed by atoms with Crippen molar-refractivity contribution in [2.75, 3.05) is 6.61 Å². The molecule has 0 radical (unpaired) electrons. The number of amides is 1. The van der Waals surface area contributed by atoms with Crippen LogP contribution in [0, 0.1) is 5.41 Å². The van der Waals surface area contributed by atoms with Crippen molar-refractivity contribution in [2.45, 2.75) is 102 Å². The Hall–Kier alpha value is -1.48. The Kier molecular flexibility index (Phi) is 10.1. The number of hydrogen-bond acceptors (Lipinski definition) is 4. The molecule has 0 bridgehead atoms. The molecule has 0 aromatic heterocycles. The molecule has 9 heteroatoms. The highest BCUT2D eigenvalue weighted by Gasteiger charge is 2.53. The van der Waals surface area contributed by atoms with E-state index in [2.05, 4.69) is 17.9 Å². The second kappa shape index (κ2) is 12.8. The van der Waals surface area contributed by atoms with Crippen LogP contribution in [-0.2, 0) is 25.3 Å². The Morgan fingerprint density at radius 2 is 1.77 bits per heavy atom. The Balaban J connectivity index is 1.81. The van der Waals surface area contributed by atoms with E-state index in [4.69, 9.17) is 32.7 Å². The maximum Gasteiger partial charge on any atom is 0.229 e. The van der Waals surface area contributed by atoms with Crippen LogP contribution in [-0.4, -0.2) is 49.4 Å². The molecule has 1 amide bonds. The fourth-order valence-electron chi connectivity index (χ4n) is 6.40. The highest BCUT2D eigenvalue weighted by molar-refractivity contribution is 7.79. The van der Waals surface area contributed by atoms with Crippen LogP contribution in [0.1, 0.15) is 89.8 Å². The topological polar surface area (TPSA) is 76.1 Å². The maximum absolute atomic E-state index is 14.7. The van der Waals surface area contributed by atoms with Crippen molar-refractivity contribution < 1.29 is 23.0 Å². The third kappa shape index (κ3) is 7.11. The summed E-state index contributed by atoms with van der Waals surface area (Å²) >= 11 is 10.9. The number of nitrogens with zero attached hydrogens (tertiary/aromatic N) is 1. The van der Waals surface area contributed by atoms with Gasteiger partial charge in [0, 0.05) is 27.4 Å². The second-order valence-corrected chi connectivity index (χ2v) is 14.2. The monoisotopic (exact) mass is 609 g/mol. The molecule has 3 unspecified atom stereocenters. The lowest BCUT2D eigenvalue weighted by Gasteiger charge is -2.52. The Morgan fingerprint density at radius 1 is 1.07 bits per heavy atom. The van der Waals surface area contributed by atoms with Crippen molar-refractivity contribution in [3.05, 3.63) is 69.7 Å². The zero-order valence-corrected chi connectivity index (χ0v) is 26.3. The minimum atomic E-state index is -1.92. The number of hydrogen-bond donors (Lipinski definition) is 1. The van der Waals surface area contributed by atoms with Gasteiger partial charge in [0.25, 0.3) is 0 Å². The first-order valence-corrected chi connectivity index (χ1v) is 16.0. The summed E-state index contributed by atoms with van der Waals surface area (Å²) in [6, 6.07) is 15.3. The van der Waals surface area contributed by atoms with E-state index < -0.39 is 22.3 Å². The van der Waals surface area contributed by atoms with E-state index in [1.807, 2.05) is 63.2 Å². The zero-order chi connectivity index (χ0) is 29.2. The summed E-state index contributed by atoms with van der Waals surface area (Å²) in [5.74, 6) is -0.654. The molecular formula is C31H41Cl2NO5S. The lowest BCUT2D eigenvalue weighted by atomic mass is 9.66. The van der Waals surface area contributed by atoms with Crippen LogP contribution in [0.5, 0.6) is 0 Å². The summed E-state index contributed by atoms with van der Waals surface area (Å²) in [4.78, 5) is 16.8. The van der Waals surface area contributed by atoms with Gasteiger partial charge in [0.2, 0.25) is 5.91 Å². The van der Waals surface area contributed by atoms with E-state index >= 15 is 0 Å². The van der Waals surface area contributed by atoms with Crippen molar-refractivity contribution in [1.29, 1.82) is 0 Å². The number of piperidine rings is 1. The van der Waals surface area contributed by atoms with Gasteiger partial charge in [-0.15, -0.1) is 0 Å². The molecule has 4 rings (SSSR count). The molecule has 6 nitrogen and oxygen atoms in total. The molecule has 40 heavy (non-hydrogen) atoms. The molecule has 0 saturated carbocycles. The van der Waals surface area contributed by atoms with Crippen molar-refractivity contribution >= 4 is 40.2 Å². The van der Waals surface area contributed by atoms with E-state index in [9.17, 15) is 13.6 Å². The summed E-state index contributed by atoms with van der Waals surface area (Å²) < 4.78 is 33.5. The van der Waals surface area contributed by atoms with E-state index in [1.54, 1.807) is 6.92 Å². The van der Waals surface area contributed by atoms with Crippen LogP contribution < -0.4 is 0 Å². The van der Waals surface area contributed by atoms with Gasteiger partial charge in [-0.05, 0) is 88.3 Å². The molecule has 220 valence electrons. The normalized spacial score (nSPS) is 28.9. The summed E-state index contributed by atoms with van der Waals surface area (Å²) in [5, 5.41) is 0.899. The van der Waals surface area contributed by atoms with Crippen molar-refractivity contribution in [3.63, 3.8) is 0 Å². The zero-order valence-electron chi connectivity index (χ0n) is 23.9. The van der Waals surface area contributed by atoms with Gasteiger partial charge in [0.1, 0.15) is 0 Å². The Labute approximate surface area is 251 Å². The first-order chi connectivity index (χ1) is 18.8.